The number of ether oxygens (including phenoxy) is 3. The van der Waals surface area contributed by atoms with Gasteiger partial charge in [0, 0.05) is 18.2 Å². The Labute approximate surface area is 199 Å². The fourth-order valence-corrected chi connectivity index (χ4v) is 3.94. The van der Waals surface area contributed by atoms with Gasteiger partial charge in [-0.05, 0) is 61.4 Å². The lowest BCUT2D eigenvalue weighted by Crippen LogP contribution is -2.23. The van der Waals surface area contributed by atoms with Gasteiger partial charge in [-0.3, -0.25) is 9.36 Å². The zero-order chi connectivity index (χ0) is 23.8. The summed E-state index contributed by atoms with van der Waals surface area (Å²) in [5, 5.41) is 0.645. The molecule has 6 heteroatoms. The van der Waals surface area contributed by atoms with E-state index in [9.17, 15) is 4.79 Å². The smallest absolute Gasteiger partial charge is 0.261 e. The molecule has 0 aliphatic rings. The molecule has 0 aliphatic carbocycles. The van der Waals surface area contributed by atoms with Crippen LogP contribution in [0.1, 0.15) is 25.7 Å². The quantitative estimate of drug-likeness (QED) is 0.269. The highest BCUT2D eigenvalue weighted by atomic mass is 16.5. The summed E-state index contributed by atoms with van der Waals surface area (Å²) in [5.74, 6) is 3.07. The fourth-order valence-electron chi connectivity index (χ4n) is 3.94. The summed E-state index contributed by atoms with van der Waals surface area (Å²) in [4.78, 5) is 18.1. The summed E-state index contributed by atoms with van der Waals surface area (Å²) in [5.41, 5.74) is 1.61. The number of benzene rings is 3. The fraction of sp³-hybridized carbons (Fsp3) is 0.286. The third-order valence-electron chi connectivity index (χ3n) is 5.80. The minimum absolute atomic E-state index is 0.00206. The van der Waals surface area contributed by atoms with Crippen LogP contribution in [0.5, 0.6) is 17.2 Å². The Kier molecular flexibility index (Phi) is 7.81. The van der Waals surface area contributed by atoms with Gasteiger partial charge >= 0.3 is 0 Å². The van der Waals surface area contributed by atoms with Crippen LogP contribution in [-0.2, 0) is 6.54 Å². The van der Waals surface area contributed by atoms with Gasteiger partial charge in [0.1, 0.15) is 23.1 Å². The average Bonchev–Trinajstić information content (AvgIpc) is 2.89. The Morgan fingerprint density at radius 1 is 0.765 bits per heavy atom. The molecule has 1 aromatic heterocycles. The molecule has 0 aliphatic heterocycles. The van der Waals surface area contributed by atoms with Gasteiger partial charge in [-0.25, -0.2) is 4.98 Å². The zero-order valence-electron chi connectivity index (χ0n) is 19.7. The summed E-state index contributed by atoms with van der Waals surface area (Å²) in [7, 11) is 3.29. The van der Waals surface area contributed by atoms with Gasteiger partial charge in [0.2, 0.25) is 0 Å². The van der Waals surface area contributed by atoms with Gasteiger partial charge in [-0.1, -0.05) is 31.0 Å². The van der Waals surface area contributed by atoms with E-state index in [1.807, 2.05) is 72.8 Å². The molecule has 6 nitrogen and oxygen atoms in total. The Morgan fingerprint density at radius 2 is 1.50 bits per heavy atom. The number of methoxy groups -OCH3 is 2. The van der Waals surface area contributed by atoms with Crippen molar-refractivity contribution in [2.45, 2.75) is 32.2 Å². The number of rotatable bonds is 11. The van der Waals surface area contributed by atoms with Crippen LogP contribution in [0.4, 0.5) is 0 Å². The molecule has 0 fully saturated rings. The third-order valence-corrected chi connectivity index (χ3v) is 5.80. The maximum atomic E-state index is 13.3. The maximum Gasteiger partial charge on any atom is 0.261 e. The van der Waals surface area contributed by atoms with E-state index >= 15 is 0 Å². The molecular formula is C28H30N2O4. The number of fused-ring (bicyclic) bond motifs is 1. The lowest BCUT2D eigenvalue weighted by molar-refractivity contribution is 0.302. The average molecular weight is 459 g/mol. The maximum absolute atomic E-state index is 13.3. The van der Waals surface area contributed by atoms with Crippen LogP contribution in [0.25, 0.3) is 22.3 Å². The van der Waals surface area contributed by atoms with Gasteiger partial charge in [-0.2, -0.15) is 0 Å². The van der Waals surface area contributed by atoms with E-state index in [4.69, 9.17) is 19.2 Å². The van der Waals surface area contributed by atoms with E-state index in [0.717, 1.165) is 48.5 Å². The van der Waals surface area contributed by atoms with Gasteiger partial charge in [0.05, 0.1) is 31.7 Å². The Bertz CT molecular complexity index is 1280. The molecule has 3 aromatic carbocycles. The van der Waals surface area contributed by atoms with Crippen LogP contribution in [0.2, 0.25) is 0 Å². The van der Waals surface area contributed by atoms with E-state index in [0.29, 0.717) is 29.9 Å². The Hall–Kier alpha value is -3.80. The first kappa shape index (κ1) is 23.4. The second-order valence-electron chi connectivity index (χ2n) is 8.08. The van der Waals surface area contributed by atoms with E-state index in [1.54, 1.807) is 18.8 Å². The molecule has 34 heavy (non-hydrogen) atoms. The van der Waals surface area contributed by atoms with Crippen molar-refractivity contribution in [2.75, 3.05) is 20.8 Å². The SMILES string of the molecule is COc1ccc(-c2nc3ccccc3c(=O)n2CCCCCCOc2cccc(OC)c2)cc1. The molecule has 0 spiro atoms. The molecule has 0 N–H and O–H groups in total. The summed E-state index contributed by atoms with van der Waals surface area (Å²) in [6.07, 6.45) is 3.87. The van der Waals surface area contributed by atoms with E-state index < -0.39 is 0 Å². The normalized spacial score (nSPS) is 10.9. The minimum Gasteiger partial charge on any atom is -0.497 e. The van der Waals surface area contributed by atoms with E-state index in [1.165, 1.54) is 0 Å². The van der Waals surface area contributed by atoms with Crippen LogP contribution >= 0.6 is 0 Å². The van der Waals surface area contributed by atoms with E-state index in [2.05, 4.69) is 0 Å². The largest absolute Gasteiger partial charge is 0.497 e. The van der Waals surface area contributed by atoms with Gasteiger partial charge in [0.15, 0.2) is 0 Å². The molecule has 4 aromatic rings. The van der Waals surface area contributed by atoms with Crippen molar-refractivity contribution in [2.24, 2.45) is 0 Å². The summed E-state index contributed by atoms with van der Waals surface area (Å²) in [6.45, 7) is 1.27. The molecule has 176 valence electrons. The number of aromatic nitrogens is 2. The highest BCUT2D eigenvalue weighted by Crippen LogP contribution is 2.23. The van der Waals surface area contributed by atoms with Crippen molar-refractivity contribution in [3.05, 3.63) is 83.2 Å². The molecule has 0 unspecified atom stereocenters. The summed E-state index contributed by atoms with van der Waals surface area (Å²) >= 11 is 0. The monoisotopic (exact) mass is 458 g/mol. The topological polar surface area (TPSA) is 62.6 Å². The predicted molar refractivity (Wildman–Crippen MR) is 135 cm³/mol. The number of unbranched alkanes of at least 4 members (excludes halogenated alkanes) is 3. The lowest BCUT2D eigenvalue weighted by Gasteiger charge is -2.14. The van der Waals surface area contributed by atoms with Crippen LogP contribution < -0.4 is 19.8 Å². The van der Waals surface area contributed by atoms with Crippen molar-refractivity contribution in [3.8, 4) is 28.6 Å². The van der Waals surface area contributed by atoms with Crippen LogP contribution in [0.3, 0.4) is 0 Å². The highest BCUT2D eigenvalue weighted by Gasteiger charge is 2.12. The molecular weight excluding hydrogens is 428 g/mol. The molecule has 0 radical (unpaired) electrons. The number of hydrogen-bond acceptors (Lipinski definition) is 5. The first-order valence-corrected chi connectivity index (χ1v) is 11.6. The zero-order valence-corrected chi connectivity index (χ0v) is 19.7. The molecule has 0 atom stereocenters. The van der Waals surface area contributed by atoms with Gasteiger partial charge in [-0.15, -0.1) is 0 Å². The number of para-hydroxylation sites is 1. The van der Waals surface area contributed by atoms with Crippen molar-refractivity contribution < 1.29 is 14.2 Å². The Morgan fingerprint density at radius 3 is 2.29 bits per heavy atom. The first-order chi connectivity index (χ1) is 16.7. The van der Waals surface area contributed by atoms with Crippen molar-refractivity contribution in [1.82, 2.24) is 9.55 Å². The summed E-state index contributed by atoms with van der Waals surface area (Å²) in [6, 6.07) is 22.8. The predicted octanol–water partition coefficient (Wildman–Crippen LogP) is 5.72. The first-order valence-electron chi connectivity index (χ1n) is 11.6. The minimum atomic E-state index is -0.00206. The molecule has 4 rings (SSSR count). The van der Waals surface area contributed by atoms with Crippen molar-refractivity contribution in [1.29, 1.82) is 0 Å². The second kappa shape index (κ2) is 11.4. The molecule has 0 bridgehead atoms. The van der Waals surface area contributed by atoms with Crippen LogP contribution in [0.15, 0.2) is 77.6 Å². The second-order valence-corrected chi connectivity index (χ2v) is 8.08. The molecule has 0 saturated heterocycles. The van der Waals surface area contributed by atoms with Crippen LogP contribution in [-0.4, -0.2) is 30.4 Å². The van der Waals surface area contributed by atoms with E-state index in [-0.39, 0.29) is 5.56 Å². The van der Waals surface area contributed by atoms with Gasteiger partial charge in [0.25, 0.3) is 5.56 Å². The van der Waals surface area contributed by atoms with Crippen molar-refractivity contribution in [3.63, 3.8) is 0 Å². The number of nitrogens with zero attached hydrogens (tertiary/aromatic N) is 2. The molecule has 1 heterocycles. The molecule has 0 amide bonds. The summed E-state index contributed by atoms with van der Waals surface area (Å²) < 4.78 is 18.1. The number of hydrogen-bond donors (Lipinski definition) is 0. The molecule has 0 saturated carbocycles. The third kappa shape index (κ3) is 5.57. The Balaban J connectivity index is 1.39. The van der Waals surface area contributed by atoms with Crippen LogP contribution in [0, 0.1) is 0 Å². The van der Waals surface area contributed by atoms with Gasteiger partial charge < -0.3 is 14.2 Å². The lowest BCUT2D eigenvalue weighted by atomic mass is 10.1. The highest BCUT2D eigenvalue weighted by molar-refractivity contribution is 5.79. The van der Waals surface area contributed by atoms with Crippen molar-refractivity contribution >= 4 is 10.9 Å². The standard InChI is InChI=1S/C28H30N2O4/c1-32-22-16-14-21(15-17-22)27-29-26-13-6-5-12-25(26)28(31)30(27)18-7-3-4-8-19-34-24-11-9-10-23(20-24)33-2/h5-6,9-17,20H,3-4,7-8,18-19H2,1-2H3.